The first-order valence-electron chi connectivity index (χ1n) is 27.4. The molecule has 0 N–H and O–H groups in total. The Balaban J connectivity index is 4.15. The highest BCUT2D eigenvalue weighted by Gasteiger charge is 2.25. The van der Waals surface area contributed by atoms with E-state index in [9.17, 15) is 19.5 Å². The van der Waals surface area contributed by atoms with E-state index in [0.29, 0.717) is 12.8 Å². The van der Waals surface area contributed by atoms with Crippen LogP contribution < -0.4 is 5.11 Å². The number of quaternary nitrogens is 1. The molecule has 0 aromatic rings. The van der Waals surface area contributed by atoms with Gasteiger partial charge in [-0.15, -0.1) is 0 Å². The third kappa shape index (κ3) is 45.0. The highest BCUT2D eigenvalue weighted by atomic mass is 16.6. The zero-order chi connectivity index (χ0) is 47.0. The van der Waals surface area contributed by atoms with Crippen molar-refractivity contribution in [3.05, 3.63) is 24.3 Å². The largest absolute Gasteiger partial charge is 0.544 e. The maximum atomic E-state index is 12.8. The Bertz CT molecular complexity index is 1100. The van der Waals surface area contributed by atoms with E-state index in [1.54, 1.807) is 0 Å². The second-order valence-corrected chi connectivity index (χ2v) is 19.8. The van der Waals surface area contributed by atoms with Gasteiger partial charge in [-0.1, -0.05) is 224 Å². The van der Waals surface area contributed by atoms with E-state index in [-0.39, 0.29) is 42.7 Å². The molecule has 0 aliphatic carbocycles. The molecule has 8 nitrogen and oxygen atoms in total. The summed E-state index contributed by atoms with van der Waals surface area (Å²) >= 11 is 0. The molecule has 0 amide bonds. The summed E-state index contributed by atoms with van der Waals surface area (Å²) in [5.41, 5.74) is 0. The van der Waals surface area contributed by atoms with Crippen LogP contribution >= 0.6 is 0 Å². The quantitative estimate of drug-likeness (QED) is 0.0259. The Morgan fingerprint density at radius 1 is 0.469 bits per heavy atom. The fourth-order valence-corrected chi connectivity index (χ4v) is 8.34. The number of carboxylic acids is 1. The number of carbonyl (C=O) groups excluding carboxylic acids is 3. The molecular weight excluding hydrogens is 799 g/mol. The average Bonchev–Trinajstić information content (AvgIpc) is 3.26. The Kier molecular flexibility index (Phi) is 45.7. The van der Waals surface area contributed by atoms with Crippen molar-refractivity contribution < 1.29 is 38.2 Å². The molecule has 0 aliphatic heterocycles. The lowest BCUT2D eigenvalue weighted by molar-refractivity contribution is -0.889. The van der Waals surface area contributed by atoms with E-state index >= 15 is 0 Å². The molecule has 8 heteroatoms. The third-order valence-electron chi connectivity index (χ3n) is 12.6. The number of hydrogen-bond donors (Lipinski definition) is 0. The number of rotatable bonds is 50. The van der Waals surface area contributed by atoms with Gasteiger partial charge in [0.15, 0.2) is 6.10 Å². The van der Waals surface area contributed by atoms with Gasteiger partial charge in [0, 0.05) is 19.3 Å². The predicted molar refractivity (Wildman–Crippen MR) is 268 cm³/mol. The van der Waals surface area contributed by atoms with Gasteiger partial charge in [0.25, 0.3) is 0 Å². The second kappa shape index (κ2) is 47.3. The minimum Gasteiger partial charge on any atom is -0.544 e. The number of hydrogen-bond acceptors (Lipinski definition) is 7. The maximum absolute atomic E-state index is 12.8. The van der Waals surface area contributed by atoms with Gasteiger partial charge in [0.2, 0.25) is 0 Å². The van der Waals surface area contributed by atoms with Gasteiger partial charge in [-0.05, 0) is 44.9 Å². The minimum absolute atomic E-state index is 0.0420. The smallest absolute Gasteiger partial charge is 0.306 e. The van der Waals surface area contributed by atoms with Crippen molar-refractivity contribution in [3.63, 3.8) is 0 Å². The van der Waals surface area contributed by atoms with Crippen LogP contribution in [0.5, 0.6) is 0 Å². The van der Waals surface area contributed by atoms with Gasteiger partial charge in [-0.3, -0.25) is 9.59 Å². The Labute approximate surface area is 396 Å². The molecule has 64 heavy (non-hydrogen) atoms. The fourth-order valence-electron chi connectivity index (χ4n) is 8.34. The van der Waals surface area contributed by atoms with Crippen molar-refractivity contribution in [2.24, 2.45) is 0 Å². The number of nitrogens with zero attached hydrogens (tertiary/aromatic N) is 1. The van der Waals surface area contributed by atoms with Crippen LogP contribution in [0.25, 0.3) is 0 Å². The van der Waals surface area contributed by atoms with Crippen molar-refractivity contribution in [1.29, 1.82) is 0 Å². The van der Waals surface area contributed by atoms with Crippen LogP contribution in [0.1, 0.15) is 264 Å². The number of carboxylic acid groups (broad SMARTS) is 1. The summed E-state index contributed by atoms with van der Waals surface area (Å²) in [4.78, 5) is 37.1. The molecule has 0 bridgehead atoms. The number of aliphatic carboxylic acids is 1. The van der Waals surface area contributed by atoms with E-state index in [4.69, 9.17) is 14.2 Å². The van der Waals surface area contributed by atoms with Gasteiger partial charge in [-0.2, -0.15) is 0 Å². The molecule has 2 unspecified atom stereocenters. The summed E-state index contributed by atoms with van der Waals surface area (Å²) in [6, 6.07) is -0.725. The van der Waals surface area contributed by atoms with Crippen molar-refractivity contribution >= 4 is 17.9 Å². The van der Waals surface area contributed by atoms with Gasteiger partial charge in [-0.25, -0.2) is 0 Å². The van der Waals surface area contributed by atoms with Crippen molar-refractivity contribution in [1.82, 2.24) is 0 Å². The van der Waals surface area contributed by atoms with Crippen LogP contribution in [0.4, 0.5) is 0 Å². The number of carbonyl (C=O) groups is 3. The Morgan fingerprint density at radius 2 is 0.828 bits per heavy atom. The number of ether oxygens (including phenoxy) is 3. The lowest BCUT2D eigenvalue weighted by Crippen LogP contribution is -2.55. The highest BCUT2D eigenvalue weighted by molar-refractivity contribution is 5.70. The number of unbranched alkanes of at least 4 members (excludes halogenated alkanes) is 32. The summed E-state index contributed by atoms with van der Waals surface area (Å²) in [5, 5.41) is 11.7. The Hall–Kier alpha value is -2.19. The van der Waals surface area contributed by atoms with E-state index in [1.165, 1.54) is 180 Å². The molecule has 0 fully saturated rings. The van der Waals surface area contributed by atoms with Crippen molar-refractivity contribution in [3.8, 4) is 0 Å². The van der Waals surface area contributed by atoms with Crippen LogP contribution in [0, 0.1) is 0 Å². The Morgan fingerprint density at radius 3 is 1.23 bits per heavy atom. The standard InChI is InChI=1S/C56H105NO7/c1-6-8-10-12-14-16-18-20-22-24-25-26-27-28-29-31-32-34-36-38-40-42-44-46-54(58)63-51-52(50-62-49-48-53(56(60)61)57(3,4)5)64-55(59)47-45-43-41-39-37-35-33-30-23-21-19-17-15-13-11-9-7-2/h15,17,21,23,52-53H,6-14,16,18-20,22,24-51H2,1-5H3/b17-15+,23-21+. The van der Waals surface area contributed by atoms with Gasteiger partial charge in [0.05, 0.1) is 40.3 Å². The third-order valence-corrected chi connectivity index (χ3v) is 12.6. The number of allylic oxidation sites excluding steroid dienone is 4. The molecule has 0 aromatic carbocycles. The zero-order valence-electron chi connectivity index (χ0n) is 43.0. The summed E-state index contributed by atoms with van der Waals surface area (Å²) in [5.74, 6) is -1.73. The molecule has 0 spiro atoms. The average molecular weight is 904 g/mol. The van der Waals surface area contributed by atoms with E-state index in [0.717, 1.165) is 51.4 Å². The van der Waals surface area contributed by atoms with Crippen LogP contribution in [0.2, 0.25) is 0 Å². The summed E-state index contributed by atoms with van der Waals surface area (Å²) in [7, 11) is 5.42. The summed E-state index contributed by atoms with van der Waals surface area (Å²) in [6.07, 6.45) is 55.0. The molecule has 376 valence electrons. The minimum atomic E-state index is -1.12. The first-order chi connectivity index (χ1) is 31.1. The predicted octanol–water partition coefficient (Wildman–Crippen LogP) is 14.6. The van der Waals surface area contributed by atoms with E-state index < -0.39 is 18.1 Å². The van der Waals surface area contributed by atoms with Crippen LogP contribution in [-0.2, 0) is 28.6 Å². The lowest BCUT2D eigenvalue weighted by atomic mass is 10.0. The van der Waals surface area contributed by atoms with Crippen LogP contribution in [-0.4, -0.2) is 75.5 Å². The highest BCUT2D eigenvalue weighted by Crippen LogP contribution is 2.17. The van der Waals surface area contributed by atoms with Crippen LogP contribution in [0.15, 0.2) is 24.3 Å². The first kappa shape index (κ1) is 61.8. The van der Waals surface area contributed by atoms with E-state index in [2.05, 4.69) is 38.2 Å². The molecule has 2 atom stereocenters. The second-order valence-electron chi connectivity index (χ2n) is 19.8. The summed E-state index contributed by atoms with van der Waals surface area (Å²) in [6.45, 7) is 4.68. The number of esters is 2. The van der Waals surface area contributed by atoms with Crippen molar-refractivity contribution in [2.75, 3.05) is 41.0 Å². The molecule has 0 aliphatic rings. The molecular formula is C56H105NO7. The topological polar surface area (TPSA) is 102 Å². The van der Waals surface area contributed by atoms with Gasteiger partial charge < -0.3 is 28.6 Å². The van der Waals surface area contributed by atoms with Crippen molar-refractivity contribution in [2.45, 2.75) is 276 Å². The fraction of sp³-hybridized carbons (Fsp3) is 0.875. The molecule has 0 heterocycles. The van der Waals surface area contributed by atoms with Gasteiger partial charge in [0.1, 0.15) is 12.6 Å². The normalized spacial score (nSPS) is 13.0. The van der Waals surface area contributed by atoms with E-state index in [1.807, 2.05) is 21.1 Å². The number of likely N-dealkylation sites (N-methyl/N-ethyl adjacent to an activating group) is 1. The molecule has 0 rings (SSSR count). The monoisotopic (exact) mass is 904 g/mol. The first-order valence-corrected chi connectivity index (χ1v) is 27.4. The molecule has 0 saturated heterocycles. The maximum Gasteiger partial charge on any atom is 0.306 e. The molecule has 0 radical (unpaired) electrons. The van der Waals surface area contributed by atoms with Crippen LogP contribution in [0.3, 0.4) is 0 Å². The zero-order valence-corrected chi connectivity index (χ0v) is 43.0. The van der Waals surface area contributed by atoms with Gasteiger partial charge >= 0.3 is 11.9 Å². The lowest BCUT2D eigenvalue weighted by Gasteiger charge is -2.34. The SMILES string of the molecule is CCCCC/C=C/C/C=C/CCCCCCCCCC(=O)OC(COCCC(C(=O)[O-])[N+](C)(C)C)COC(=O)CCCCCCCCCCCCCCCCCCCCCCCCC. The summed E-state index contributed by atoms with van der Waals surface area (Å²) < 4.78 is 17.3. The molecule has 0 aromatic heterocycles. The molecule has 0 saturated carbocycles.